The standard InChI is InChI=1S/C21H24ClFN6O3S/c1-29-18(15-6-5-13(24)16(31-2)9-32-15)14(8-26-29)27-20(30)17-19(25)33-21(28-17)11-7-10(22)3-4-12(11)23/h3-4,7-8,13,15-16H,5-6,9,24-25H2,1-2H3,(H,27,30)/t13-,15+,16+/m1/s1. The number of hydrogen-bond donors (Lipinski definition) is 3. The minimum atomic E-state index is -0.535. The van der Waals surface area contributed by atoms with Crippen molar-refractivity contribution in [3.63, 3.8) is 0 Å². The van der Waals surface area contributed by atoms with E-state index in [1.54, 1.807) is 18.8 Å². The second-order valence-corrected chi connectivity index (χ2v) is 9.18. The highest BCUT2D eigenvalue weighted by atomic mass is 35.5. The van der Waals surface area contributed by atoms with E-state index in [1.165, 1.54) is 24.4 Å². The number of ether oxygens (including phenoxy) is 2. The molecule has 0 bridgehead atoms. The number of rotatable bonds is 5. The first-order valence-electron chi connectivity index (χ1n) is 10.2. The number of anilines is 2. The van der Waals surface area contributed by atoms with Crippen LogP contribution in [0, 0.1) is 5.82 Å². The lowest BCUT2D eigenvalue weighted by Gasteiger charge is -2.19. The van der Waals surface area contributed by atoms with Gasteiger partial charge in [-0.15, -0.1) is 0 Å². The third kappa shape index (κ3) is 4.87. The molecule has 0 unspecified atom stereocenters. The van der Waals surface area contributed by atoms with E-state index in [4.69, 9.17) is 32.5 Å². The molecule has 9 nitrogen and oxygen atoms in total. The summed E-state index contributed by atoms with van der Waals surface area (Å²) < 4.78 is 27.3. The molecule has 1 aliphatic heterocycles. The lowest BCUT2D eigenvalue weighted by atomic mass is 10.0. The number of nitrogen functional groups attached to an aromatic ring is 1. The van der Waals surface area contributed by atoms with Crippen LogP contribution in [0.3, 0.4) is 0 Å². The maximum absolute atomic E-state index is 14.2. The van der Waals surface area contributed by atoms with Crippen LogP contribution in [-0.4, -0.2) is 46.5 Å². The van der Waals surface area contributed by atoms with Crippen LogP contribution < -0.4 is 16.8 Å². The number of aryl methyl sites for hydroxylation is 1. The number of nitrogens with zero attached hydrogens (tertiary/aromatic N) is 3. The normalized spacial score (nSPS) is 21.1. The SMILES string of the molecule is CO[C@H]1CO[C@H](c2c(NC(=O)c3nc(-c4cc(Cl)ccc4F)sc3N)cnn2C)CC[C@H]1N. The molecule has 33 heavy (non-hydrogen) atoms. The van der Waals surface area contributed by atoms with Gasteiger partial charge < -0.3 is 26.3 Å². The highest BCUT2D eigenvalue weighted by Gasteiger charge is 2.30. The molecule has 4 rings (SSSR count). The summed E-state index contributed by atoms with van der Waals surface area (Å²) in [5, 5.41) is 7.85. The Morgan fingerprint density at radius 2 is 2.21 bits per heavy atom. The Morgan fingerprint density at radius 3 is 2.97 bits per heavy atom. The Kier molecular flexibility index (Phi) is 6.96. The van der Waals surface area contributed by atoms with Crippen molar-refractivity contribution in [3.8, 4) is 10.6 Å². The Bertz CT molecular complexity index is 1170. The molecule has 1 fully saturated rings. The number of nitrogens with one attached hydrogen (secondary N) is 1. The van der Waals surface area contributed by atoms with Gasteiger partial charge in [-0.3, -0.25) is 9.48 Å². The van der Waals surface area contributed by atoms with Gasteiger partial charge in [-0.1, -0.05) is 22.9 Å². The minimum absolute atomic E-state index is 0.00701. The van der Waals surface area contributed by atoms with E-state index in [-0.39, 0.29) is 39.5 Å². The number of thiazole rings is 1. The maximum Gasteiger partial charge on any atom is 0.277 e. The van der Waals surface area contributed by atoms with Crippen molar-refractivity contribution in [1.82, 2.24) is 14.8 Å². The number of halogens is 2. The number of amides is 1. The molecule has 1 aromatic carbocycles. The molecule has 1 aliphatic rings. The molecule has 0 spiro atoms. The van der Waals surface area contributed by atoms with Crippen molar-refractivity contribution in [2.75, 3.05) is 24.8 Å². The smallest absolute Gasteiger partial charge is 0.277 e. The Hall–Kier alpha value is -2.57. The zero-order valence-electron chi connectivity index (χ0n) is 18.0. The van der Waals surface area contributed by atoms with E-state index in [1.807, 2.05) is 0 Å². The van der Waals surface area contributed by atoms with Crippen LogP contribution in [0.2, 0.25) is 5.02 Å². The fraction of sp³-hybridized carbons (Fsp3) is 0.381. The molecule has 3 atom stereocenters. The largest absolute Gasteiger partial charge is 0.389 e. The summed E-state index contributed by atoms with van der Waals surface area (Å²) in [5.74, 6) is -1.04. The van der Waals surface area contributed by atoms with Crippen molar-refractivity contribution in [2.45, 2.75) is 31.1 Å². The zero-order valence-corrected chi connectivity index (χ0v) is 19.6. The van der Waals surface area contributed by atoms with Crippen molar-refractivity contribution in [2.24, 2.45) is 12.8 Å². The van der Waals surface area contributed by atoms with Gasteiger partial charge in [0.05, 0.1) is 30.3 Å². The molecule has 2 aromatic heterocycles. The molecular weight excluding hydrogens is 471 g/mol. The predicted molar refractivity (Wildman–Crippen MR) is 125 cm³/mol. The van der Waals surface area contributed by atoms with Gasteiger partial charge in [0.15, 0.2) is 5.69 Å². The van der Waals surface area contributed by atoms with Crippen LogP contribution >= 0.6 is 22.9 Å². The summed E-state index contributed by atoms with van der Waals surface area (Å²) in [6.45, 7) is 0.328. The van der Waals surface area contributed by atoms with Gasteiger partial charge in [0.25, 0.3) is 5.91 Å². The molecule has 3 heterocycles. The molecule has 0 aliphatic carbocycles. The number of methoxy groups -OCH3 is 1. The third-order valence-electron chi connectivity index (χ3n) is 5.57. The van der Waals surface area contributed by atoms with Gasteiger partial charge >= 0.3 is 0 Å². The molecule has 12 heteroatoms. The second-order valence-electron chi connectivity index (χ2n) is 7.71. The van der Waals surface area contributed by atoms with Gasteiger partial charge in [0, 0.05) is 30.8 Å². The van der Waals surface area contributed by atoms with E-state index in [0.29, 0.717) is 35.9 Å². The van der Waals surface area contributed by atoms with E-state index in [9.17, 15) is 9.18 Å². The van der Waals surface area contributed by atoms with Crippen LogP contribution in [0.25, 0.3) is 10.6 Å². The average molecular weight is 495 g/mol. The van der Waals surface area contributed by atoms with E-state index in [2.05, 4.69) is 15.4 Å². The molecule has 1 saturated heterocycles. The zero-order chi connectivity index (χ0) is 23.7. The van der Waals surface area contributed by atoms with Crippen LogP contribution in [0.4, 0.5) is 15.1 Å². The Labute approximate surface area is 198 Å². The molecule has 1 amide bonds. The number of hydrogen-bond acceptors (Lipinski definition) is 8. The molecule has 0 radical (unpaired) electrons. The number of carbonyl (C=O) groups excluding carboxylic acids is 1. The summed E-state index contributed by atoms with van der Waals surface area (Å²) in [6.07, 6.45) is 2.33. The summed E-state index contributed by atoms with van der Waals surface area (Å²) in [5.41, 5.74) is 13.6. The van der Waals surface area contributed by atoms with Crippen LogP contribution in [0.1, 0.15) is 35.1 Å². The lowest BCUT2D eigenvalue weighted by molar-refractivity contribution is -0.0211. The first-order chi connectivity index (χ1) is 15.8. The third-order valence-corrected chi connectivity index (χ3v) is 6.72. The molecular formula is C21H24ClFN6O3S. The number of carbonyl (C=O) groups is 1. The average Bonchev–Trinajstić information content (AvgIpc) is 3.28. The van der Waals surface area contributed by atoms with E-state index >= 15 is 0 Å². The number of benzene rings is 1. The Morgan fingerprint density at radius 1 is 1.42 bits per heavy atom. The predicted octanol–water partition coefficient (Wildman–Crippen LogP) is 3.36. The molecule has 5 N–H and O–H groups in total. The maximum atomic E-state index is 14.2. The monoisotopic (exact) mass is 494 g/mol. The Balaban J connectivity index is 1.57. The summed E-state index contributed by atoms with van der Waals surface area (Å²) in [7, 11) is 3.37. The first-order valence-corrected chi connectivity index (χ1v) is 11.4. The van der Waals surface area contributed by atoms with Crippen LogP contribution in [0.15, 0.2) is 24.4 Å². The quantitative estimate of drug-likeness (QED) is 0.495. The van der Waals surface area contributed by atoms with E-state index < -0.39 is 11.7 Å². The van der Waals surface area contributed by atoms with Crippen molar-refractivity contribution >= 4 is 39.5 Å². The molecule has 3 aromatic rings. The first kappa shape index (κ1) is 23.6. The highest BCUT2D eigenvalue weighted by Crippen LogP contribution is 2.35. The lowest BCUT2D eigenvalue weighted by Crippen LogP contribution is -2.37. The van der Waals surface area contributed by atoms with Crippen molar-refractivity contribution in [1.29, 1.82) is 0 Å². The van der Waals surface area contributed by atoms with Gasteiger partial charge in [-0.05, 0) is 31.0 Å². The second kappa shape index (κ2) is 9.74. The van der Waals surface area contributed by atoms with Gasteiger partial charge in [0.1, 0.15) is 21.9 Å². The number of aromatic nitrogens is 3. The summed E-state index contributed by atoms with van der Waals surface area (Å²) in [6, 6.07) is 3.97. The van der Waals surface area contributed by atoms with Gasteiger partial charge in [-0.25, -0.2) is 9.37 Å². The molecule has 176 valence electrons. The number of nitrogens with two attached hydrogens (primary N) is 2. The fourth-order valence-corrected chi connectivity index (χ4v) is 4.80. The van der Waals surface area contributed by atoms with Crippen LogP contribution in [0.5, 0.6) is 0 Å². The molecule has 0 saturated carbocycles. The van der Waals surface area contributed by atoms with E-state index in [0.717, 1.165) is 11.3 Å². The fourth-order valence-electron chi connectivity index (χ4n) is 3.78. The van der Waals surface area contributed by atoms with Crippen molar-refractivity contribution < 1.29 is 18.7 Å². The van der Waals surface area contributed by atoms with Crippen molar-refractivity contribution in [3.05, 3.63) is 46.6 Å². The summed E-state index contributed by atoms with van der Waals surface area (Å²) >= 11 is 6.98. The van der Waals surface area contributed by atoms with Gasteiger partial charge in [0.2, 0.25) is 0 Å². The van der Waals surface area contributed by atoms with Crippen LogP contribution in [-0.2, 0) is 16.5 Å². The topological polar surface area (TPSA) is 130 Å². The van der Waals surface area contributed by atoms with Gasteiger partial charge in [-0.2, -0.15) is 5.10 Å². The highest BCUT2D eigenvalue weighted by molar-refractivity contribution is 7.19. The minimum Gasteiger partial charge on any atom is -0.389 e. The summed E-state index contributed by atoms with van der Waals surface area (Å²) in [4.78, 5) is 17.3.